The van der Waals surface area contributed by atoms with Gasteiger partial charge in [-0.2, -0.15) is 0 Å². The maximum absolute atomic E-state index is 12.5. The van der Waals surface area contributed by atoms with Gasteiger partial charge in [-0.3, -0.25) is 9.78 Å². The van der Waals surface area contributed by atoms with Gasteiger partial charge in [0.2, 0.25) is 0 Å². The molecule has 3 heterocycles. The lowest BCUT2D eigenvalue weighted by molar-refractivity contribution is 0.0950. The monoisotopic (exact) mass is 356 g/mol. The van der Waals surface area contributed by atoms with E-state index in [2.05, 4.69) is 41.5 Å². The van der Waals surface area contributed by atoms with Gasteiger partial charge in [-0.25, -0.2) is 4.98 Å². The Morgan fingerprint density at radius 3 is 2.56 bits per heavy atom. The van der Waals surface area contributed by atoms with E-state index >= 15 is 0 Å². The predicted octanol–water partition coefficient (Wildman–Crippen LogP) is 3.94. The molecule has 0 atom stereocenters. The van der Waals surface area contributed by atoms with Crippen LogP contribution in [0.4, 0.5) is 0 Å². The number of carbonyl (C=O) groups is 1. The first-order valence-electron chi connectivity index (χ1n) is 8.84. The first-order chi connectivity index (χ1) is 13.1. The van der Waals surface area contributed by atoms with E-state index in [0.717, 1.165) is 28.2 Å². The van der Waals surface area contributed by atoms with E-state index in [-0.39, 0.29) is 5.91 Å². The Hall–Kier alpha value is -3.47. The molecule has 0 spiro atoms. The summed E-state index contributed by atoms with van der Waals surface area (Å²) < 4.78 is 2.05. The number of nitrogens with zero attached hydrogens (tertiary/aromatic N) is 3. The molecule has 4 rings (SSSR count). The van der Waals surface area contributed by atoms with Crippen molar-refractivity contribution in [2.45, 2.75) is 20.4 Å². The molecule has 1 aromatic carbocycles. The molecule has 0 aliphatic carbocycles. The van der Waals surface area contributed by atoms with Crippen LogP contribution in [0, 0.1) is 13.8 Å². The highest BCUT2D eigenvalue weighted by Crippen LogP contribution is 2.25. The third kappa shape index (κ3) is 3.44. The molecule has 0 unspecified atom stereocenters. The lowest BCUT2D eigenvalue weighted by Crippen LogP contribution is -2.24. The van der Waals surface area contributed by atoms with Crippen LogP contribution >= 0.6 is 0 Å². The van der Waals surface area contributed by atoms with E-state index < -0.39 is 0 Å². The zero-order valence-electron chi connectivity index (χ0n) is 15.3. The zero-order valence-corrected chi connectivity index (χ0v) is 15.3. The summed E-state index contributed by atoms with van der Waals surface area (Å²) in [6.07, 6.45) is 5.26. The molecular formula is C22H20N4O. The zero-order chi connectivity index (χ0) is 18.8. The minimum atomic E-state index is -0.152. The second-order valence-corrected chi connectivity index (χ2v) is 6.63. The number of hydrogen-bond acceptors (Lipinski definition) is 3. The fraction of sp³-hybridized carbons (Fsp3) is 0.136. The third-order valence-electron chi connectivity index (χ3n) is 4.53. The summed E-state index contributed by atoms with van der Waals surface area (Å²) in [5.41, 5.74) is 6.61. The van der Waals surface area contributed by atoms with Gasteiger partial charge >= 0.3 is 0 Å². The van der Waals surface area contributed by atoms with Gasteiger partial charge in [0.15, 0.2) is 0 Å². The summed E-state index contributed by atoms with van der Waals surface area (Å²) in [6.45, 7) is 4.48. The molecule has 0 saturated heterocycles. The number of rotatable bonds is 4. The summed E-state index contributed by atoms with van der Waals surface area (Å²) in [7, 11) is 0. The Labute approximate surface area is 157 Å². The van der Waals surface area contributed by atoms with Crippen LogP contribution in [-0.4, -0.2) is 20.3 Å². The predicted molar refractivity (Wildman–Crippen MR) is 106 cm³/mol. The number of carbonyl (C=O) groups excluding carboxylic acids is 1. The number of pyridine rings is 2. The first-order valence-corrected chi connectivity index (χ1v) is 8.84. The molecule has 0 aliphatic heterocycles. The van der Waals surface area contributed by atoms with Gasteiger partial charge < -0.3 is 9.72 Å². The summed E-state index contributed by atoms with van der Waals surface area (Å²) in [6, 6.07) is 15.8. The van der Waals surface area contributed by atoms with E-state index in [4.69, 9.17) is 4.98 Å². The summed E-state index contributed by atoms with van der Waals surface area (Å²) in [5, 5.41) is 2.99. The summed E-state index contributed by atoms with van der Waals surface area (Å²) in [5.74, 6) is -0.152. The van der Waals surface area contributed by atoms with Crippen molar-refractivity contribution in [3.8, 4) is 11.3 Å². The summed E-state index contributed by atoms with van der Waals surface area (Å²) >= 11 is 0. The van der Waals surface area contributed by atoms with Crippen molar-refractivity contribution in [2.75, 3.05) is 0 Å². The van der Waals surface area contributed by atoms with Crippen LogP contribution in [0.1, 0.15) is 27.2 Å². The van der Waals surface area contributed by atoms with Crippen molar-refractivity contribution >= 4 is 11.6 Å². The topological polar surface area (TPSA) is 59.3 Å². The second kappa shape index (κ2) is 7.03. The van der Waals surface area contributed by atoms with Gasteiger partial charge in [-0.05, 0) is 37.6 Å². The first kappa shape index (κ1) is 17.0. The third-order valence-corrected chi connectivity index (χ3v) is 4.53. The molecule has 27 heavy (non-hydrogen) atoms. The number of fused-ring (bicyclic) bond motifs is 1. The van der Waals surface area contributed by atoms with Gasteiger partial charge in [-0.1, -0.05) is 35.9 Å². The highest BCUT2D eigenvalue weighted by Gasteiger charge is 2.15. The van der Waals surface area contributed by atoms with Crippen LogP contribution in [0.25, 0.3) is 16.9 Å². The molecule has 1 N–H and O–H groups in total. The molecule has 5 nitrogen and oxygen atoms in total. The quantitative estimate of drug-likeness (QED) is 0.602. The van der Waals surface area contributed by atoms with Gasteiger partial charge in [0.1, 0.15) is 5.65 Å². The molecule has 3 aromatic heterocycles. The SMILES string of the molecule is Cc1ccc(-c2nc3ccc(C)cn3c2CNC(=O)c2cccnc2)cc1. The van der Waals surface area contributed by atoms with Gasteiger partial charge in [-0.15, -0.1) is 0 Å². The maximum Gasteiger partial charge on any atom is 0.253 e. The average molecular weight is 356 g/mol. The van der Waals surface area contributed by atoms with E-state index in [0.29, 0.717) is 12.1 Å². The molecule has 5 heteroatoms. The van der Waals surface area contributed by atoms with E-state index in [1.54, 1.807) is 24.5 Å². The maximum atomic E-state index is 12.5. The van der Waals surface area contributed by atoms with Gasteiger partial charge in [0.25, 0.3) is 5.91 Å². The van der Waals surface area contributed by atoms with Crippen LogP contribution in [0.15, 0.2) is 67.1 Å². The van der Waals surface area contributed by atoms with Crippen molar-refractivity contribution in [3.63, 3.8) is 0 Å². The average Bonchev–Trinajstić information content (AvgIpc) is 3.05. The van der Waals surface area contributed by atoms with Crippen LogP contribution in [-0.2, 0) is 6.54 Å². The lowest BCUT2D eigenvalue weighted by Gasteiger charge is -2.08. The van der Waals surface area contributed by atoms with E-state index in [1.807, 2.05) is 29.7 Å². The fourth-order valence-corrected chi connectivity index (χ4v) is 3.07. The Morgan fingerprint density at radius 1 is 1.04 bits per heavy atom. The molecule has 0 fully saturated rings. The Kier molecular flexibility index (Phi) is 4.42. The fourth-order valence-electron chi connectivity index (χ4n) is 3.07. The lowest BCUT2D eigenvalue weighted by atomic mass is 10.1. The number of nitrogens with one attached hydrogen (secondary N) is 1. The highest BCUT2D eigenvalue weighted by molar-refractivity contribution is 5.93. The molecule has 0 bridgehead atoms. The number of benzene rings is 1. The number of imidazole rings is 1. The highest BCUT2D eigenvalue weighted by atomic mass is 16.1. The normalized spacial score (nSPS) is 10.9. The Bertz CT molecular complexity index is 1100. The molecule has 1 amide bonds. The minimum absolute atomic E-state index is 0.152. The van der Waals surface area contributed by atoms with E-state index in [9.17, 15) is 4.79 Å². The Balaban J connectivity index is 1.73. The molecule has 0 aliphatic rings. The van der Waals surface area contributed by atoms with Crippen molar-refractivity contribution in [3.05, 3.63) is 89.5 Å². The van der Waals surface area contributed by atoms with Crippen molar-refractivity contribution in [1.82, 2.24) is 19.7 Å². The van der Waals surface area contributed by atoms with Crippen LogP contribution in [0.5, 0.6) is 0 Å². The standard InChI is InChI=1S/C22H20N4O/c1-15-5-8-17(9-6-15)21-19(26-14-16(2)7-10-20(26)25-21)13-24-22(27)18-4-3-11-23-12-18/h3-12,14H,13H2,1-2H3,(H,24,27). The van der Waals surface area contributed by atoms with Crippen molar-refractivity contribution < 1.29 is 4.79 Å². The smallest absolute Gasteiger partial charge is 0.253 e. The second-order valence-electron chi connectivity index (χ2n) is 6.63. The largest absolute Gasteiger partial charge is 0.346 e. The van der Waals surface area contributed by atoms with Crippen molar-refractivity contribution in [2.24, 2.45) is 0 Å². The molecule has 4 aromatic rings. The number of aromatic nitrogens is 3. The molecule has 0 saturated carbocycles. The van der Waals surface area contributed by atoms with Gasteiger partial charge in [0.05, 0.1) is 23.5 Å². The van der Waals surface area contributed by atoms with Crippen molar-refractivity contribution in [1.29, 1.82) is 0 Å². The Morgan fingerprint density at radius 2 is 1.81 bits per heavy atom. The van der Waals surface area contributed by atoms with Crippen LogP contribution in [0.2, 0.25) is 0 Å². The molecular weight excluding hydrogens is 336 g/mol. The number of hydrogen-bond donors (Lipinski definition) is 1. The number of aryl methyl sites for hydroxylation is 2. The van der Waals surface area contributed by atoms with Crippen LogP contribution < -0.4 is 5.32 Å². The van der Waals surface area contributed by atoms with E-state index in [1.165, 1.54) is 5.56 Å². The van der Waals surface area contributed by atoms with Crippen LogP contribution in [0.3, 0.4) is 0 Å². The molecule has 0 radical (unpaired) electrons. The number of amides is 1. The molecule has 134 valence electrons. The van der Waals surface area contributed by atoms with Gasteiger partial charge in [0, 0.05) is 24.2 Å². The minimum Gasteiger partial charge on any atom is -0.346 e. The summed E-state index contributed by atoms with van der Waals surface area (Å²) in [4.78, 5) is 21.3.